The van der Waals surface area contributed by atoms with Crippen LogP contribution in [0.1, 0.15) is 0 Å². The minimum absolute atomic E-state index is 0.859. The minimum Gasteiger partial charge on any atom is -0.244 e. The molecule has 4 heterocycles. The Labute approximate surface area is 94.2 Å². The molecule has 0 amide bonds. The third-order valence-electron chi connectivity index (χ3n) is 2.64. The molecule has 16 heavy (non-hydrogen) atoms. The zero-order valence-corrected chi connectivity index (χ0v) is 8.98. The summed E-state index contributed by atoms with van der Waals surface area (Å²) < 4.78 is 1.80. The van der Waals surface area contributed by atoms with Crippen LogP contribution in [0.5, 0.6) is 0 Å². The van der Waals surface area contributed by atoms with Crippen molar-refractivity contribution in [1.82, 2.24) is 19.6 Å². The maximum atomic E-state index is 4.54. The molecule has 0 aliphatic carbocycles. The highest BCUT2D eigenvalue weighted by Crippen LogP contribution is 2.27. The Morgan fingerprint density at radius 2 is 2.19 bits per heavy atom. The fourth-order valence-corrected chi connectivity index (χ4v) is 2.67. The number of hydrogen-bond donors (Lipinski definition) is 0. The lowest BCUT2D eigenvalue weighted by Gasteiger charge is -1.89. The first kappa shape index (κ1) is 8.18. The molecule has 0 N–H and O–H groups in total. The molecule has 4 nitrogen and oxygen atoms in total. The van der Waals surface area contributed by atoms with Crippen molar-refractivity contribution >= 4 is 38.1 Å². The van der Waals surface area contributed by atoms with Crippen molar-refractivity contribution in [3.8, 4) is 0 Å². The summed E-state index contributed by atoms with van der Waals surface area (Å²) in [7, 11) is 0. The monoisotopic (exact) mass is 226 g/mol. The highest BCUT2D eigenvalue weighted by Gasteiger charge is 2.10. The van der Waals surface area contributed by atoms with Gasteiger partial charge in [-0.25, -0.2) is 14.5 Å². The summed E-state index contributed by atoms with van der Waals surface area (Å²) in [5, 5.41) is 8.68. The van der Waals surface area contributed by atoms with Crippen LogP contribution in [0.2, 0.25) is 0 Å². The molecule has 76 valence electrons. The largest absolute Gasteiger partial charge is 0.244 e. The maximum Gasteiger partial charge on any atom is 0.164 e. The molecule has 0 saturated carbocycles. The zero-order valence-electron chi connectivity index (χ0n) is 8.16. The van der Waals surface area contributed by atoms with Gasteiger partial charge in [0.05, 0.1) is 5.39 Å². The number of fused-ring (bicyclic) bond motifs is 5. The van der Waals surface area contributed by atoms with Gasteiger partial charge >= 0.3 is 0 Å². The number of nitrogens with zero attached hydrogens (tertiary/aromatic N) is 4. The Bertz CT molecular complexity index is 814. The normalized spacial score (nSPS) is 11.8. The average Bonchev–Trinajstić information content (AvgIpc) is 2.92. The van der Waals surface area contributed by atoms with Crippen molar-refractivity contribution in [2.75, 3.05) is 0 Å². The maximum absolute atomic E-state index is 4.54. The number of rotatable bonds is 0. The van der Waals surface area contributed by atoms with Gasteiger partial charge in [-0.15, -0.1) is 11.3 Å². The van der Waals surface area contributed by atoms with Crippen molar-refractivity contribution in [3.63, 3.8) is 0 Å². The highest BCUT2D eigenvalue weighted by molar-refractivity contribution is 7.16. The van der Waals surface area contributed by atoms with Crippen LogP contribution in [-0.2, 0) is 0 Å². The fourth-order valence-electron chi connectivity index (χ4n) is 1.93. The molecule has 4 aromatic rings. The molecule has 0 aliphatic rings. The van der Waals surface area contributed by atoms with Gasteiger partial charge in [-0.05, 0) is 17.5 Å². The van der Waals surface area contributed by atoms with Crippen LogP contribution in [0.3, 0.4) is 0 Å². The Morgan fingerprint density at radius 1 is 1.19 bits per heavy atom. The molecule has 0 bridgehead atoms. The molecule has 0 aliphatic heterocycles. The Balaban J connectivity index is 2.38. The van der Waals surface area contributed by atoms with Crippen molar-refractivity contribution in [3.05, 3.63) is 36.1 Å². The molecule has 0 spiro atoms. The third kappa shape index (κ3) is 0.906. The van der Waals surface area contributed by atoms with Crippen LogP contribution in [0.4, 0.5) is 0 Å². The second kappa shape index (κ2) is 2.76. The molecule has 0 saturated heterocycles. The quantitative estimate of drug-likeness (QED) is 0.462. The predicted octanol–water partition coefficient (Wildman–Crippen LogP) is 2.49. The second-order valence-electron chi connectivity index (χ2n) is 3.55. The van der Waals surface area contributed by atoms with E-state index in [9.17, 15) is 0 Å². The molecule has 0 radical (unpaired) electrons. The van der Waals surface area contributed by atoms with Gasteiger partial charge in [0, 0.05) is 24.0 Å². The Morgan fingerprint density at radius 3 is 3.19 bits per heavy atom. The van der Waals surface area contributed by atoms with E-state index in [4.69, 9.17) is 0 Å². The van der Waals surface area contributed by atoms with Crippen LogP contribution >= 0.6 is 11.3 Å². The first-order valence-corrected chi connectivity index (χ1v) is 5.77. The molecule has 0 fully saturated rings. The molecule has 0 aromatic carbocycles. The average molecular weight is 226 g/mol. The molecule has 0 atom stereocenters. The number of thiophene rings is 1. The summed E-state index contributed by atoms with van der Waals surface area (Å²) in [6, 6.07) is 3.93. The second-order valence-corrected chi connectivity index (χ2v) is 4.44. The van der Waals surface area contributed by atoms with Gasteiger partial charge in [0.15, 0.2) is 5.65 Å². The van der Waals surface area contributed by atoms with Gasteiger partial charge in [-0.2, -0.15) is 5.10 Å². The van der Waals surface area contributed by atoms with Gasteiger partial charge in [-0.3, -0.25) is 0 Å². The smallest absolute Gasteiger partial charge is 0.164 e. The van der Waals surface area contributed by atoms with E-state index < -0.39 is 0 Å². The summed E-state index contributed by atoms with van der Waals surface area (Å²) in [6.45, 7) is 0. The Hall–Kier alpha value is -2.01. The van der Waals surface area contributed by atoms with Crippen LogP contribution < -0.4 is 0 Å². The van der Waals surface area contributed by atoms with Crippen LogP contribution in [0, 0.1) is 0 Å². The first-order valence-electron chi connectivity index (χ1n) is 4.89. The Kier molecular flexibility index (Phi) is 1.41. The zero-order chi connectivity index (χ0) is 10.5. The summed E-state index contributed by atoms with van der Waals surface area (Å²) >= 11 is 1.63. The minimum atomic E-state index is 0.859. The molecule has 4 aromatic heterocycles. The van der Waals surface area contributed by atoms with E-state index in [0.29, 0.717) is 0 Å². The van der Waals surface area contributed by atoms with Gasteiger partial charge in [0.1, 0.15) is 10.3 Å². The summed E-state index contributed by atoms with van der Waals surface area (Å²) in [6.07, 6.45) is 5.53. The molecular formula is C11H6N4S. The van der Waals surface area contributed by atoms with Crippen LogP contribution in [0.15, 0.2) is 36.1 Å². The van der Waals surface area contributed by atoms with Crippen molar-refractivity contribution in [1.29, 1.82) is 0 Å². The number of pyridine rings is 1. The van der Waals surface area contributed by atoms with Gasteiger partial charge in [-0.1, -0.05) is 0 Å². The van der Waals surface area contributed by atoms with E-state index >= 15 is 0 Å². The standard InChI is InChI=1S/C11H6N4S/c1-3-12-10-8-6-13-11-7(2-5-16-11)9(8)14-15(10)4-1/h1-6H. The van der Waals surface area contributed by atoms with Crippen LogP contribution in [-0.4, -0.2) is 19.6 Å². The van der Waals surface area contributed by atoms with Gasteiger partial charge in [0.25, 0.3) is 0 Å². The third-order valence-corrected chi connectivity index (χ3v) is 3.46. The van der Waals surface area contributed by atoms with Crippen molar-refractivity contribution < 1.29 is 0 Å². The van der Waals surface area contributed by atoms with Gasteiger partial charge < -0.3 is 0 Å². The summed E-state index contributed by atoms with van der Waals surface area (Å²) in [5.74, 6) is 0. The number of hydrogen-bond acceptors (Lipinski definition) is 4. The van der Waals surface area contributed by atoms with Gasteiger partial charge in [0.2, 0.25) is 0 Å². The topological polar surface area (TPSA) is 43.1 Å². The lowest BCUT2D eigenvalue weighted by molar-refractivity contribution is 0.958. The molecule has 4 rings (SSSR count). The van der Waals surface area contributed by atoms with E-state index in [1.54, 1.807) is 22.0 Å². The van der Waals surface area contributed by atoms with Crippen molar-refractivity contribution in [2.24, 2.45) is 0 Å². The van der Waals surface area contributed by atoms with E-state index in [0.717, 1.165) is 26.8 Å². The van der Waals surface area contributed by atoms with E-state index in [1.807, 2.05) is 23.8 Å². The summed E-state index contributed by atoms with van der Waals surface area (Å²) in [5.41, 5.74) is 1.84. The predicted molar refractivity (Wildman–Crippen MR) is 63.7 cm³/mol. The highest BCUT2D eigenvalue weighted by atomic mass is 32.1. The number of aromatic nitrogens is 4. The molecular weight excluding hydrogens is 220 g/mol. The van der Waals surface area contributed by atoms with Crippen LogP contribution in [0.25, 0.3) is 26.8 Å². The van der Waals surface area contributed by atoms with E-state index in [2.05, 4.69) is 21.1 Å². The summed E-state index contributed by atoms with van der Waals surface area (Å²) in [4.78, 5) is 9.77. The SMILES string of the molecule is c1cnc2c3cnc4sccc4c3nn2c1. The van der Waals surface area contributed by atoms with E-state index in [-0.39, 0.29) is 0 Å². The first-order chi connectivity index (χ1) is 7.93. The molecule has 5 heteroatoms. The molecule has 0 unspecified atom stereocenters. The van der Waals surface area contributed by atoms with Crippen molar-refractivity contribution in [2.45, 2.75) is 0 Å². The lowest BCUT2D eigenvalue weighted by atomic mass is 10.2. The lowest BCUT2D eigenvalue weighted by Crippen LogP contribution is -1.86. The van der Waals surface area contributed by atoms with E-state index in [1.165, 1.54) is 0 Å². The fraction of sp³-hybridized carbons (Fsp3) is 0.